The molecule has 0 unspecified atom stereocenters. The van der Waals surface area contributed by atoms with Gasteiger partial charge in [-0.1, -0.05) is 36.2 Å². The third-order valence-electron chi connectivity index (χ3n) is 2.38. The Balaban J connectivity index is 2.76. The number of benzene rings is 1. The van der Waals surface area contributed by atoms with E-state index in [1.165, 1.54) is 0 Å². The average molecular weight is 281 g/mol. The van der Waals surface area contributed by atoms with Crippen LogP contribution in [0.1, 0.15) is 18.9 Å². The van der Waals surface area contributed by atoms with E-state index in [-0.39, 0.29) is 0 Å². The van der Waals surface area contributed by atoms with Gasteiger partial charge in [-0.25, -0.2) is 0 Å². The van der Waals surface area contributed by atoms with Crippen molar-refractivity contribution in [2.75, 3.05) is 19.0 Å². The van der Waals surface area contributed by atoms with Crippen molar-refractivity contribution in [3.63, 3.8) is 0 Å². The summed E-state index contributed by atoms with van der Waals surface area (Å²) in [5.41, 5.74) is 0.990. The van der Waals surface area contributed by atoms with E-state index in [1.807, 2.05) is 18.2 Å². The highest BCUT2D eigenvalue weighted by Gasteiger charge is 2.10. The number of nitrogens with zero attached hydrogens (tertiary/aromatic N) is 1. The Labute approximate surface area is 112 Å². The Morgan fingerprint density at radius 1 is 1.12 bits per heavy atom. The van der Waals surface area contributed by atoms with Gasteiger partial charge in [0.25, 0.3) is 0 Å². The van der Waals surface area contributed by atoms with Crippen molar-refractivity contribution < 1.29 is 0 Å². The van der Waals surface area contributed by atoms with Gasteiger partial charge in [-0.2, -0.15) is 0 Å². The molecular formula is C12H16Cl3N. The predicted octanol–water partition coefficient (Wildman–Crippen LogP) is 4.44. The summed E-state index contributed by atoms with van der Waals surface area (Å²) in [5, 5.41) is 1.45. The van der Waals surface area contributed by atoms with E-state index in [2.05, 4.69) is 11.8 Å². The minimum Gasteiger partial charge on any atom is -0.298 e. The minimum atomic E-state index is 0.627. The first-order valence-corrected chi connectivity index (χ1v) is 6.69. The lowest BCUT2D eigenvalue weighted by atomic mass is 10.2. The molecule has 0 heterocycles. The molecule has 0 aliphatic carbocycles. The topological polar surface area (TPSA) is 3.24 Å². The van der Waals surface area contributed by atoms with Gasteiger partial charge < -0.3 is 0 Å². The van der Waals surface area contributed by atoms with Gasteiger partial charge in [0.15, 0.2) is 0 Å². The van der Waals surface area contributed by atoms with Crippen LogP contribution in [-0.4, -0.2) is 23.9 Å². The van der Waals surface area contributed by atoms with Crippen LogP contribution in [0, 0.1) is 0 Å². The summed E-state index contributed by atoms with van der Waals surface area (Å²) in [6.07, 6.45) is 1.10. The van der Waals surface area contributed by atoms with Crippen LogP contribution in [0.3, 0.4) is 0 Å². The molecule has 0 amide bonds. The maximum atomic E-state index is 6.13. The zero-order valence-corrected chi connectivity index (χ0v) is 11.6. The first kappa shape index (κ1) is 14.1. The molecule has 1 aromatic carbocycles. The molecule has 0 aliphatic heterocycles. The minimum absolute atomic E-state index is 0.627. The second kappa shape index (κ2) is 7.39. The third kappa shape index (κ3) is 4.14. The predicted molar refractivity (Wildman–Crippen MR) is 72.8 cm³/mol. The van der Waals surface area contributed by atoms with Crippen molar-refractivity contribution in [1.29, 1.82) is 0 Å². The molecule has 90 valence electrons. The number of alkyl halides is 1. The summed E-state index contributed by atoms with van der Waals surface area (Å²) in [5.74, 6) is 0.627. The van der Waals surface area contributed by atoms with E-state index in [0.29, 0.717) is 5.88 Å². The second-order valence-corrected chi connectivity index (χ2v) is 4.86. The van der Waals surface area contributed by atoms with Crippen LogP contribution in [0.5, 0.6) is 0 Å². The molecule has 0 radical (unpaired) electrons. The summed E-state index contributed by atoms with van der Waals surface area (Å²) in [6.45, 7) is 4.78. The van der Waals surface area contributed by atoms with Gasteiger partial charge in [-0.3, -0.25) is 4.90 Å². The van der Waals surface area contributed by atoms with Gasteiger partial charge in [0, 0.05) is 34.6 Å². The maximum absolute atomic E-state index is 6.13. The SMILES string of the molecule is CCCN(CCCl)Cc1c(Cl)cccc1Cl. The van der Waals surface area contributed by atoms with Crippen LogP contribution in [0.4, 0.5) is 0 Å². The Morgan fingerprint density at radius 2 is 1.75 bits per heavy atom. The highest BCUT2D eigenvalue weighted by molar-refractivity contribution is 6.35. The van der Waals surface area contributed by atoms with E-state index in [0.717, 1.165) is 41.7 Å². The highest BCUT2D eigenvalue weighted by atomic mass is 35.5. The van der Waals surface area contributed by atoms with Crippen molar-refractivity contribution in [3.05, 3.63) is 33.8 Å². The summed E-state index contributed by atoms with van der Waals surface area (Å²) >= 11 is 18.0. The van der Waals surface area contributed by atoms with Gasteiger partial charge in [-0.05, 0) is 25.1 Å². The molecule has 0 bridgehead atoms. The molecule has 0 spiro atoms. The second-order valence-electron chi connectivity index (χ2n) is 3.67. The molecule has 1 aromatic rings. The normalized spacial score (nSPS) is 11.1. The monoisotopic (exact) mass is 279 g/mol. The summed E-state index contributed by atoms with van der Waals surface area (Å²) < 4.78 is 0. The van der Waals surface area contributed by atoms with E-state index >= 15 is 0 Å². The summed E-state index contributed by atoms with van der Waals surface area (Å²) in [4.78, 5) is 2.26. The first-order chi connectivity index (χ1) is 7.69. The molecule has 4 heteroatoms. The number of hydrogen-bond donors (Lipinski definition) is 0. The fraction of sp³-hybridized carbons (Fsp3) is 0.500. The van der Waals surface area contributed by atoms with Crippen LogP contribution in [0.2, 0.25) is 10.0 Å². The summed E-state index contributed by atoms with van der Waals surface area (Å²) in [6, 6.07) is 5.60. The van der Waals surface area contributed by atoms with E-state index in [9.17, 15) is 0 Å². The fourth-order valence-corrected chi connectivity index (χ4v) is 2.37. The van der Waals surface area contributed by atoms with E-state index in [4.69, 9.17) is 34.8 Å². The Hall–Kier alpha value is 0.0500. The molecular weight excluding hydrogens is 264 g/mol. The number of halogens is 3. The van der Waals surface area contributed by atoms with Crippen LogP contribution < -0.4 is 0 Å². The molecule has 0 saturated carbocycles. The standard InChI is InChI=1S/C12H16Cl3N/c1-2-7-16(8-6-13)9-10-11(14)4-3-5-12(10)15/h3-5H,2,6-9H2,1H3. The Kier molecular flexibility index (Phi) is 6.52. The van der Waals surface area contributed by atoms with Crippen LogP contribution >= 0.6 is 34.8 Å². The van der Waals surface area contributed by atoms with Crippen molar-refractivity contribution in [2.45, 2.75) is 19.9 Å². The van der Waals surface area contributed by atoms with Gasteiger partial charge in [0.1, 0.15) is 0 Å². The molecule has 0 fully saturated rings. The van der Waals surface area contributed by atoms with Crippen LogP contribution in [0.25, 0.3) is 0 Å². The molecule has 0 atom stereocenters. The molecule has 0 N–H and O–H groups in total. The lowest BCUT2D eigenvalue weighted by molar-refractivity contribution is 0.282. The number of hydrogen-bond acceptors (Lipinski definition) is 1. The fourth-order valence-electron chi connectivity index (χ4n) is 1.61. The van der Waals surface area contributed by atoms with Crippen molar-refractivity contribution in [3.8, 4) is 0 Å². The molecule has 16 heavy (non-hydrogen) atoms. The molecule has 0 aromatic heterocycles. The van der Waals surface area contributed by atoms with Gasteiger partial charge >= 0.3 is 0 Å². The average Bonchev–Trinajstić information content (AvgIpc) is 2.24. The molecule has 0 saturated heterocycles. The molecule has 0 aliphatic rings. The summed E-state index contributed by atoms with van der Waals surface area (Å²) in [7, 11) is 0. The van der Waals surface area contributed by atoms with Crippen molar-refractivity contribution in [1.82, 2.24) is 4.90 Å². The van der Waals surface area contributed by atoms with Gasteiger partial charge in [0.2, 0.25) is 0 Å². The van der Waals surface area contributed by atoms with Gasteiger partial charge in [-0.15, -0.1) is 11.6 Å². The van der Waals surface area contributed by atoms with E-state index < -0.39 is 0 Å². The van der Waals surface area contributed by atoms with Gasteiger partial charge in [0.05, 0.1) is 0 Å². The lowest BCUT2D eigenvalue weighted by Gasteiger charge is -2.21. The van der Waals surface area contributed by atoms with Crippen molar-refractivity contribution >= 4 is 34.8 Å². The highest BCUT2D eigenvalue weighted by Crippen LogP contribution is 2.25. The number of rotatable bonds is 6. The van der Waals surface area contributed by atoms with E-state index in [1.54, 1.807) is 0 Å². The molecule has 1 nitrogen and oxygen atoms in total. The first-order valence-electron chi connectivity index (χ1n) is 5.40. The molecule has 1 rings (SSSR count). The van der Waals surface area contributed by atoms with Crippen LogP contribution in [0.15, 0.2) is 18.2 Å². The van der Waals surface area contributed by atoms with Crippen molar-refractivity contribution in [2.24, 2.45) is 0 Å². The largest absolute Gasteiger partial charge is 0.298 e. The lowest BCUT2D eigenvalue weighted by Crippen LogP contribution is -2.26. The van der Waals surface area contributed by atoms with Crippen LogP contribution in [-0.2, 0) is 6.54 Å². The zero-order chi connectivity index (χ0) is 12.0. The third-order valence-corrected chi connectivity index (χ3v) is 3.26. The quantitative estimate of drug-likeness (QED) is 0.696. The smallest absolute Gasteiger partial charge is 0.0465 e. The zero-order valence-electron chi connectivity index (χ0n) is 9.35. The Morgan fingerprint density at radius 3 is 2.25 bits per heavy atom. The Bertz CT molecular complexity index is 302. The maximum Gasteiger partial charge on any atom is 0.0465 e.